The highest BCUT2D eigenvalue weighted by molar-refractivity contribution is 5.95. The number of hydrogen-bond donors (Lipinski definition) is 1. The molecule has 0 unspecified atom stereocenters. The van der Waals surface area contributed by atoms with Crippen LogP contribution in [0.2, 0.25) is 0 Å². The van der Waals surface area contributed by atoms with Gasteiger partial charge in [0.05, 0.1) is 7.11 Å². The van der Waals surface area contributed by atoms with E-state index in [1.165, 1.54) is 0 Å². The van der Waals surface area contributed by atoms with Crippen molar-refractivity contribution in [3.05, 3.63) is 53.6 Å². The Morgan fingerprint density at radius 3 is 2.78 bits per heavy atom. The SMILES string of the molecule is COc1ccc(-c2cccc(C(=O)NCCCN3CCCC3=O)c2)c(C)c1. The van der Waals surface area contributed by atoms with Crippen LogP contribution in [0.3, 0.4) is 0 Å². The van der Waals surface area contributed by atoms with Gasteiger partial charge in [-0.15, -0.1) is 0 Å². The maximum atomic E-state index is 12.5. The fourth-order valence-electron chi connectivity index (χ4n) is 3.43. The lowest BCUT2D eigenvalue weighted by Crippen LogP contribution is -2.30. The average molecular weight is 366 g/mol. The van der Waals surface area contributed by atoms with Crippen LogP contribution in [-0.4, -0.2) is 43.5 Å². The van der Waals surface area contributed by atoms with Gasteiger partial charge in [-0.25, -0.2) is 0 Å². The van der Waals surface area contributed by atoms with Gasteiger partial charge in [-0.05, 0) is 60.7 Å². The van der Waals surface area contributed by atoms with Gasteiger partial charge < -0.3 is 15.0 Å². The van der Waals surface area contributed by atoms with E-state index in [2.05, 4.69) is 5.32 Å². The summed E-state index contributed by atoms with van der Waals surface area (Å²) in [4.78, 5) is 25.9. The first-order valence-electron chi connectivity index (χ1n) is 9.39. The molecular weight excluding hydrogens is 340 g/mol. The summed E-state index contributed by atoms with van der Waals surface area (Å²) in [6.45, 7) is 4.15. The van der Waals surface area contributed by atoms with Crippen LogP contribution in [0, 0.1) is 6.92 Å². The molecule has 142 valence electrons. The maximum absolute atomic E-state index is 12.5. The Kier molecular flexibility index (Phi) is 6.12. The first-order valence-corrected chi connectivity index (χ1v) is 9.39. The molecule has 1 N–H and O–H groups in total. The molecule has 0 radical (unpaired) electrons. The molecule has 0 bridgehead atoms. The van der Waals surface area contributed by atoms with Gasteiger partial charge in [0.15, 0.2) is 0 Å². The molecule has 5 nitrogen and oxygen atoms in total. The van der Waals surface area contributed by atoms with Crippen molar-refractivity contribution in [1.82, 2.24) is 10.2 Å². The summed E-state index contributed by atoms with van der Waals surface area (Å²) in [7, 11) is 1.65. The van der Waals surface area contributed by atoms with Crippen LogP contribution in [0.15, 0.2) is 42.5 Å². The molecule has 0 aromatic heterocycles. The molecule has 2 aromatic carbocycles. The van der Waals surface area contributed by atoms with Gasteiger partial charge in [0.25, 0.3) is 5.91 Å². The van der Waals surface area contributed by atoms with Crippen molar-refractivity contribution in [3.63, 3.8) is 0 Å². The third-order valence-electron chi connectivity index (χ3n) is 4.93. The number of aryl methyl sites for hydroxylation is 1. The van der Waals surface area contributed by atoms with E-state index in [0.717, 1.165) is 41.8 Å². The highest BCUT2D eigenvalue weighted by atomic mass is 16.5. The fourth-order valence-corrected chi connectivity index (χ4v) is 3.43. The van der Waals surface area contributed by atoms with E-state index in [1.54, 1.807) is 7.11 Å². The van der Waals surface area contributed by atoms with Crippen molar-refractivity contribution in [2.45, 2.75) is 26.2 Å². The monoisotopic (exact) mass is 366 g/mol. The van der Waals surface area contributed by atoms with Crippen LogP contribution in [0.4, 0.5) is 0 Å². The number of methoxy groups -OCH3 is 1. The topological polar surface area (TPSA) is 58.6 Å². The fraction of sp³-hybridized carbons (Fsp3) is 0.364. The zero-order chi connectivity index (χ0) is 19.2. The molecule has 3 rings (SSSR count). The largest absolute Gasteiger partial charge is 0.497 e. The van der Waals surface area contributed by atoms with Gasteiger partial charge in [0, 0.05) is 31.6 Å². The summed E-state index contributed by atoms with van der Waals surface area (Å²) in [6, 6.07) is 13.6. The van der Waals surface area contributed by atoms with Gasteiger partial charge in [-0.1, -0.05) is 18.2 Å². The quantitative estimate of drug-likeness (QED) is 0.764. The minimum atomic E-state index is -0.0873. The molecule has 2 amide bonds. The standard InChI is InChI=1S/C22H26N2O3/c1-16-14-19(27-2)9-10-20(16)17-6-3-7-18(15-17)22(26)23-11-5-13-24-12-4-8-21(24)25/h3,6-7,9-10,14-15H,4-5,8,11-13H2,1-2H3,(H,23,26). The predicted molar refractivity (Wildman–Crippen MR) is 106 cm³/mol. The molecule has 27 heavy (non-hydrogen) atoms. The van der Waals surface area contributed by atoms with Crippen LogP contribution < -0.4 is 10.1 Å². The van der Waals surface area contributed by atoms with E-state index < -0.39 is 0 Å². The molecule has 0 spiro atoms. The third kappa shape index (κ3) is 4.67. The number of rotatable bonds is 7. The molecule has 0 aliphatic carbocycles. The summed E-state index contributed by atoms with van der Waals surface area (Å²) in [5.41, 5.74) is 3.82. The van der Waals surface area contributed by atoms with Crippen molar-refractivity contribution in [2.24, 2.45) is 0 Å². The zero-order valence-electron chi connectivity index (χ0n) is 16.0. The Bertz CT molecular complexity index is 832. The molecule has 1 saturated heterocycles. The molecule has 1 aliphatic rings. The van der Waals surface area contributed by atoms with Gasteiger partial charge in [0.2, 0.25) is 5.91 Å². The molecule has 1 fully saturated rings. The third-order valence-corrected chi connectivity index (χ3v) is 4.93. The van der Waals surface area contributed by atoms with Gasteiger partial charge in [0.1, 0.15) is 5.75 Å². The van der Waals surface area contributed by atoms with Gasteiger partial charge in [-0.2, -0.15) is 0 Å². The molecule has 5 heteroatoms. The highest BCUT2D eigenvalue weighted by Crippen LogP contribution is 2.27. The summed E-state index contributed by atoms with van der Waals surface area (Å²) in [5.74, 6) is 0.960. The summed E-state index contributed by atoms with van der Waals surface area (Å²) >= 11 is 0. The Hall–Kier alpha value is -2.82. The van der Waals surface area contributed by atoms with Gasteiger partial charge in [-0.3, -0.25) is 9.59 Å². The number of amides is 2. The number of nitrogens with one attached hydrogen (secondary N) is 1. The molecule has 1 aliphatic heterocycles. The lowest BCUT2D eigenvalue weighted by Gasteiger charge is -2.15. The number of hydrogen-bond acceptors (Lipinski definition) is 3. The van der Waals surface area contributed by atoms with Crippen LogP contribution in [0.25, 0.3) is 11.1 Å². The zero-order valence-corrected chi connectivity index (χ0v) is 16.0. The molecular formula is C22H26N2O3. The smallest absolute Gasteiger partial charge is 0.251 e. The van der Waals surface area contributed by atoms with E-state index in [-0.39, 0.29) is 11.8 Å². The van der Waals surface area contributed by atoms with E-state index >= 15 is 0 Å². The summed E-state index contributed by atoms with van der Waals surface area (Å²) in [5, 5.41) is 2.95. The minimum absolute atomic E-state index is 0.0873. The van der Waals surface area contributed by atoms with Crippen molar-refractivity contribution < 1.29 is 14.3 Å². The summed E-state index contributed by atoms with van der Waals surface area (Å²) < 4.78 is 5.26. The molecule has 0 atom stereocenters. The lowest BCUT2D eigenvalue weighted by atomic mass is 9.98. The van der Waals surface area contributed by atoms with Crippen molar-refractivity contribution in [3.8, 4) is 16.9 Å². The van der Waals surface area contributed by atoms with Crippen LogP contribution in [-0.2, 0) is 4.79 Å². The normalized spacial score (nSPS) is 13.7. The second-order valence-corrected chi connectivity index (χ2v) is 6.86. The number of likely N-dealkylation sites (tertiary alicyclic amines) is 1. The lowest BCUT2D eigenvalue weighted by molar-refractivity contribution is -0.127. The van der Waals surface area contributed by atoms with Crippen molar-refractivity contribution >= 4 is 11.8 Å². The van der Waals surface area contributed by atoms with E-state index in [9.17, 15) is 9.59 Å². The van der Waals surface area contributed by atoms with E-state index in [4.69, 9.17) is 4.74 Å². The minimum Gasteiger partial charge on any atom is -0.497 e. The number of nitrogens with zero attached hydrogens (tertiary/aromatic N) is 1. The van der Waals surface area contributed by atoms with Crippen LogP contribution in [0.5, 0.6) is 5.75 Å². The Labute approximate surface area is 160 Å². The maximum Gasteiger partial charge on any atom is 0.251 e. The molecule has 0 saturated carbocycles. The first kappa shape index (κ1) is 19.0. The number of benzene rings is 2. The van der Waals surface area contributed by atoms with Crippen molar-refractivity contribution in [1.29, 1.82) is 0 Å². The van der Waals surface area contributed by atoms with E-state index in [1.807, 2.05) is 54.3 Å². The van der Waals surface area contributed by atoms with Crippen LogP contribution >= 0.6 is 0 Å². The Balaban J connectivity index is 1.59. The summed E-state index contributed by atoms with van der Waals surface area (Å²) in [6.07, 6.45) is 2.38. The Morgan fingerprint density at radius 1 is 1.22 bits per heavy atom. The molecule has 1 heterocycles. The Morgan fingerprint density at radius 2 is 2.07 bits per heavy atom. The molecule has 2 aromatic rings. The number of carbonyl (C=O) groups excluding carboxylic acids is 2. The van der Waals surface area contributed by atoms with Gasteiger partial charge >= 0.3 is 0 Å². The first-order chi connectivity index (χ1) is 13.1. The second-order valence-electron chi connectivity index (χ2n) is 6.86. The highest BCUT2D eigenvalue weighted by Gasteiger charge is 2.19. The van der Waals surface area contributed by atoms with Crippen LogP contribution in [0.1, 0.15) is 35.2 Å². The van der Waals surface area contributed by atoms with Crippen molar-refractivity contribution in [2.75, 3.05) is 26.7 Å². The van der Waals surface area contributed by atoms with E-state index in [0.29, 0.717) is 25.1 Å². The number of carbonyl (C=O) groups is 2. The average Bonchev–Trinajstić information content (AvgIpc) is 3.09. The second kappa shape index (κ2) is 8.71. The predicted octanol–water partition coefficient (Wildman–Crippen LogP) is 3.41. The number of ether oxygens (including phenoxy) is 1.